The highest BCUT2D eigenvalue weighted by molar-refractivity contribution is 5.88. The van der Waals surface area contributed by atoms with E-state index in [4.69, 9.17) is 0 Å². The van der Waals surface area contributed by atoms with Crippen LogP contribution in [0.4, 0.5) is 22.0 Å². The molecular weight excluding hydrogens is 265 g/mol. The number of rotatable bonds is 4. The number of hydrogen-bond donors (Lipinski definition) is 0. The Hall–Kier alpha value is -1.77. The summed E-state index contributed by atoms with van der Waals surface area (Å²) >= 11 is 0. The third kappa shape index (κ3) is 3.62. The second kappa shape index (κ2) is 5.25. The Morgan fingerprint density at radius 2 is 1.94 bits per heavy atom. The lowest BCUT2D eigenvalue weighted by Crippen LogP contribution is -2.40. The summed E-state index contributed by atoms with van der Waals surface area (Å²) in [6, 6.07) is 2.57. The molecule has 0 amide bonds. The van der Waals surface area contributed by atoms with Crippen LogP contribution in [0, 0.1) is 0 Å². The van der Waals surface area contributed by atoms with Crippen molar-refractivity contribution < 1.29 is 36.5 Å². The fourth-order valence-electron chi connectivity index (χ4n) is 0.770. The summed E-state index contributed by atoms with van der Waals surface area (Å²) in [5.41, 5.74) is -0.146. The Kier molecular flexibility index (Phi) is 4.17. The summed E-state index contributed by atoms with van der Waals surface area (Å²) in [7, 11) is 0. The van der Waals surface area contributed by atoms with E-state index in [1.807, 2.05) is 0 Å². The lowest BCUT2D eigenvalue weighted by atomic mass is 10.3. The van der Waals surface area contributed by atoms with E-state index in [1.54, 1.807) is 0 Å². The molecule has 0 saturated carbocycles. The molecule has 0 aliphatic carbocycles. The minimum atomic E-state index is -5.77. The first-order valence-corrected chi connectivity index (χ1v) is 4.42. The molecule has 0 unspecified atom stereocenters. The molecule has 18 heavy (non-hydrogen) atoms. The Bertz CT molecular complexity index is 406. The summed E-state index contributed by atoms with van der Waals surface area (Å²) in [5, 5.41) is 0. The molecule has 0 aliphatic heterocycles. The second-order valence-electron chi connectivity index (χ2n) is 3.08. The predicted molar refractivity (Wildman–Crippen MR) is 46.6 cm³/mol. The molecule has 9 heteroatoms. The molecule has 1 heterocycles. The van der Waals surface area contributed by atoms with Crippen LogP contribution in [0.15, 0.2) is 24.5 Å². The van der Waals surface area contributed by atoms with Crippen molar-refractivity contribution in [1.82, 2.24) is 4.98 Å². The monoisotopic (exact) mass is 271 g/mol. The molecule has 0 aliphatic rings. The molecule has 0 saturated heterocycles. The van der Waals surface area contributed by atoms with E-state index >= 15 is 0 Å². The van der Waals surface area contributed by atoms with E-state index < -0.39 is 24.7 Å². The lowest BCUT2D eigenvalue weighted by Gasteiger charge is -2.18. The highest BCUT2D eigenvalue weighted by atomic mass is 19.4. The van der Waals surface area contributed by atoms with Crippen LogP contribution >= 0.6 is 0 Å². The fraction of sp³-hybridized carbons (Fsp3) is 0.333. The van der Waals surface area contributed by atoms with Gasteiger partial charge in [0.25, 0.3) is 0 Å². The minimum Gasteiger partial charge on any atom is -0.293 e. The molecule has 100 valence electrons. The third-order valence-corrected chi connectivity index (χ3v) is 1.69. The van der Waals surface area contributed by atoms with Gasteiger partial charge in [-0.05, 0) is 12.1 Å². The summed E-state index contributed by atoms with van der Waals surface area (Å²) in [6.45, 7) is -2.11. The number of aromatic nitrogens is 1. The maximum absolute atomic E-state index is 12.3. The van der Waals surface area contributed by atoms with Crippen molar-refractivity contribution >= 4 is 5.97 Å². The van der Waals surface area contributed by atoms with Gasteiger partial charge in [-0.25, -0.2) is 4.79 Å². The fourth-order valence-corrected chi connectivity index (χ4v) is 0.770. The van der Waals surface area contributed by atoms with Crippen LogP contribution in [0.2, 0.25) is 0 Å². The number of hydrogen-bond acceptors (Lipinski definition) is 4. The van der Waals surface area contributed by atoms with Crippen molar-refractivity contribution in [3.63, 3.8) is 0 Å². The number of carbonyl (C=O) groups is 1. The topological polar surface area (TPSA) is 48.4 Å². The van der Waals surface area contributed by atoms with Crippen molar-refractivity contribution in [3.8, 4) is 0 Å². The molecule has 0 N–H and O–H groups in total. The van der Waals surface area contributed by atoms with E-state index in [-0.39, 0.29) is 5.56 Å². The van der Waals surface area contributed by atoms with Gasteiger partial charge < -0.3 is 0 Å². The predicted octanol–water partition coefficient (Wildman–Crippen LogP) is 2.37. The largest absolute Gasteiger partial charge is 0.455 e. The van der Waals surface area contributed by atoms with Crippen molar-refractivity contribution in [2.75, 3.05) is 6.61 Å². The number of nitrogens with zero attached hydrogens (tertiary/aromatic N) is 1. The molecule has 0 aromatic carbocycles. The Balaban J connectivity index is 2.46. The number of halogens is 5. The third-order valence-electron chi connectivity index (χ3n) is 1.69. The zero-order valence-corrected chi connectivity index (χ0v) is 8.58. The molecule has 0 bridgehead atoms. The van der Waals surface area contributed by atoms with Gasteiger partial charge in [0.15, 0.2) is 6.61 Å². The van der Waals surface area contributed by atoms with Crippen LogP contribution in [0.1, 0.15) is 10.4 Å². The standard InChI is InChI=1S/C9H6F5NO3/c10-8(11,9(12,13)14)5-17-18-7(16)6-2-1-3-15-4-6/h1-4H,5H2. The molecule has 4 nitrogen and oxygen atoms in total. The van der Waals surface area contributed by atoms with E-state index in [0.717, 1.165) is 6.20 Å². The van der Waals surface area contributed by atoms with Gasteiger partial charge >= 0.3 is 18.1 Å². The van der Waals surface area contributed by atoms with E-state index in [9.17, 15) is 26.7 Å². The van der Waals surface area contributed by atoms with Gasteiger partial charge in [-0.1, -0.05) is 0 Å². The normalized spacial score (nSPS) is 12.3. The highest BCUT2D eigenvalue weighted by Crippen LogP contribution is 2.35. The van der Waals surface area contributed by atoms with Gasteiger partial charge in [0.05, 0.1) is 5.56 Å². The van der Waals surface area contributed by atoms with Gasteiger partial charge in [0.1, 0.15) is 0 Å². The van der Waals surface area contributed by atoms with Gasteiger partial charge in [-0.2, -0.15) is 26.8 Å². The van der Waals surface area contributed by atoms with Crippen LogP contribution in [-0.4, -0.2) is 29.7 Å². The van der Waals surface area contributed by atoms with Gasteiger partial charge in [0.2, 0.25) is 0 Å². The number of carbonyl (C=O) groups excluding carboxylic acids is 1. The number of alkyl halides is 5. The van der Waals surface area contributed by atoms with E-state index in [2.05, 4.69) is 14.8 Å². The van der Waals surface area contributed by atoms with Crippen molar-refractivity contribution in [1.29, 1.82) is 0 Å². The first-order chi connectivity index (χ1) is 8.24. The van der Waals surface area contributed by atoms with E-state index in [1.165, 1.54) is 18.3 Å². The molecule has 0 spiro atoms. The zero-order chi connectivity index (χ0) is 13.8. The molecule has 1 aromatic heterocycles. The SMILES string of the molecule is O=C(OOCC(F)(F)C(F)(F)F)c1cccnc1. The van der Waals surface area contributed by atoms with E-state index in [0.29, 0.717) is 0 Å². The molecule has 0 radical (unpaired) electrons. The summed E-state index contributed by atoms with van der Waals surface area (Å²) in [6.07, 6.45) is -3.41. The van der Waals surface area contributed by atoms with Gasteiger partial charge in [-0.15, -0.1) is 0 Å². The minimum absolute atomic E-state index is 0.146. The Morgan fingerprint density at radius 3 is 2.44 bits per heavy atom. The summed E-state index contributed by atoms with van der Waals surface area (Å²) in [5.74, 6) is -6.32. The zero-order valence-electron chi connectivity index (χ0n) is 8.58. The van der Waals surface area contributed by atoms with Crippen LogP contribution in [0.5, 0.6) is 0 Å². The molecule has 1 aromatic rings. The van der Waals surface area contributed by atoms with Crippen molar-refractivity contribution in [2.45, 2.75) is 12.1 Å². The average Bonchev–Trinajstić information content (AvgIpc) is 2.28. The molecule has 1 rings (SSSR count). The second-order valence-corrected chi connectivity index (χ2v) is 3.08. The van der Waals surface area contributed by atoms with Crippen molar-refractivity contribution in [2.24, 2.45) is 0 Å². The Morgan fingerprint density at radius 1 is 1.28 bits per heavy atom. The first-order valence-electron chi connectivity index (χ1n) is 4.42. The summed E-state index contributed by atoms with van der Waals surface area (Å²) < 4.78 is 59.8. The maximum atomic E-state index is 12.3. The van der Waals surface area contributed by atoms with Crippen LogP contribution in [0.3, 0.4) is 0 Å². The smallest absolute Gasteiger partial charge is 0.293 e. The Labute approximate surface area is 97.3 Å². The van der Waals surface area contributed by atoms with Crippen LogP contribution in [-0.2, 0) is 9.78 Å². The van der Waals surface area contributed by atoms with Gasteiger partial charge in [0, 0.05) is 12.4 Å². The van der Waals surface area contributed by atoms with Crippen LogP contribution in [0.25, 0.3) is 0 Å². The highest BCUT2D eigenvalue weighted by Gasteiger charge is 2.58. The first kappa shape index (κ1) is 14.3. The molecule has 0 fully saturated rings. The summed E-state index contributed by atoms with van der Waals surface area (Å²) in [4.78, 5) is 22.0. The van der Waals surface area contributed by atoms with Gasteiger partial charge in [-0.3, -0.25) is 9.87 Å². The van der Waals surface area contributed by atoms with Crippen molar-refractivity contribution in [3.05, 3.63) is 30.1 Å². The number of pyridine rings is 1. The van der Waals surface area contributed by atoms with Crippen LogP contribution < -0.4 is 0 Å². The average molecular weight is 271 g/mol. The lowest BCUT2D eigenvalue weighted by molar-refractivity contribution is -0.344. The quantitative estimate of drug-likeness (QED) is 0.479. The molecular formula is C9H6F5NO3. The molecule has 0 atom stereocenters. The maximum Gasteiger partial charge on any atom is 0.455 e.